The van der Waals surface area contributed by atoms with E-state index in [1.54, 1.807) is 0 Å². The lowest BCUT2D eigenvalue weighted by Crippen LogP contribution is -2.66. The third-order valence-corrected chi connectivity index (χ3v) is 4.92. The minimum absolute atomic E-state index is 0.00230. The van der Waals surface area contributed by atoms with Crippen LogP contribution in [0.4, 0.5) is 5.82 Å². The monoisotopic (exact) mass is 410 g/mol. The maximum Gasteiger partial charge on any atom is 0.226 e. The molecule has 0 saturated carbocycles. The smallest absolute Gasteiger partial charge is 0.226 e. The summed E-state index contributed by atoms with van der Waals surface area (Å²) >= 11 is 5.82. The van der Waals surface area contributed by atoms with Gasteiger partial charge in [0, 0.05) is 4.91 Å². The SMILES string of the molecule is CC(=O)[C@@]1(O)[C@@H](CN=[N+]=[N-])O[C@@H](n2cnc3c(N)nc(Cl)nc32)[C@@]1(O)C(C)=O. The minimum atomic E-state index is -2.74. The summed E-state index contributed by atoms with van der Waals surface area (Å²) in [5.74, 6) is -1.98. The molecule has 0 aromatic carbocycles. The van der Waals surface area contributed by atoms with Crippen molar-refractivity contribution in [2.75, 3.05) is 12.3 Å². The fourth-order valence-corrected chi connectivity index (χ4v) is 3.53. The number of nitrogens with two attached hydrogens (primary N) is 1. The molecule has 0 radical (unpaired) electrons. The number of ether oxygens (including phenoxy) is 1. The normalized spacial score (nSPS) is 29.6. The van der Waals surface area contributed by atoms with Crippen molar-refractivity contribution in [1.82, 2.24) is 19.5 Å². The molecule has 0 amide bonds. The van der Waals surface area contributed by atoms with Crippen molar-refractivity contribution in [3.8, 4) is 0 Å². The maximum atomic E-state index is 12.4. The van der Waals surface area contributed by atoms with Gasteiger partial charge in [0.2, 0.25) is 10.9 Å². The summed E-state index contributed by atoms with van der Waals surface area (Å²) in [6, 6.07) is 0. The third-order valence-electron chi connectivity index (χ3n) is 4.76. The number of imidazole rings is 1. The van der Waals surface area contributed by atoms with Gasteiger partial charge in [-0.3, -0.25) is 14.2 Å². The molecular formula is C14H15ClN8O5. The van der Waals surface area contributed by atoms with Gasteiger partial charge in [-0.1, -0.05) is 5.11 Å². The van der Waals surface area contributed by atoms with Gasteiger partial charge < -0.3 is 20.7 Å². The number of ketones is 2. The standard InChI is InChI=1S/C14H15ClN8O5/c1-5(24)13(26)7(3-19-22-17)28-11(14(13,27)6(2)25)23-4-18-8-9(16)20-12(15)21-10(8)23/h4,7,11,26-27H,3H2,1-2H3,(H2,16,20,21)/t7-,11-,13-,14+/m1/s1. The number of hydrogen-bond donors (Lipinski definition) is 3. The molecule has 0 unspecified atom stereocenters. The first kappa shape index (κ1) is 19.9. The van der Waals surface area contributed by atoms with Gasteiger partial charge in [0.25, 0.3) is 0 Å². The Morgan fingerprint density at radius 1 is 1.39 bits per heavy atom. The molecule has 4 N–H and O–H groups in total. The molecular weight excluding hydrogens is 396 g/mol. The number of nitrogens with zero attached hydrogens (tertiary/aromatic N) is 7. The number of halogens is 1. The molecule has 1 fully saturated rings. The first-order valence-electron chi connectivity index (χ1n) is 7.87. The Bertz CT molecular complexity index is 1040. The van der Waals surface area contributed by atoms with Crippen molar-refractivity contribution >= 4 is 40.1 Å². The molecule has 4 atom stereocenters. The van der Waals surface area contributed by atoms with Crippen LogP contribution in [0.2, 0.25) is 5.28 Å². The van der Waals surface area contributed by atoms with Gasteiger partial charge in [0.05, 0.1) is 12.9 Å². The lowest BCUT2D eigenvalue weighted by Gasteiger charge is -2.37. The van der Waals surface area contributed by atoms with Crippen molar-refractivity contribution in [3.63, 3.8) is 0 Å². The molecule has 1 saturated heterocycles. The van der Waals surface area contributed by atoms with Gasteiger partial charge >= 0.3 is 0 Å². The Morgan fingerprint density at radius 2 is 2.04 bits per heavy atom. The van der Waals surface area contributed by atoms with Gasteiger partial charge in [-0.25, -0.2) is 4.98 Å². The molecule has 0 aliphatic carbocycles. The van der Waals surface area contributed by atoms with Crippen LogP contribution in [-0.4, -0.2) is 65.1 Å². The molecule has 0 bridgehead atoms. The van der Waals surface area contributed by atoms with Crippen molar-refractivity contribution < 1.29 is 24.5 Å². The van der Waals surface area contributed by atoms with E-state index in [-0.39, 0.29) is 22.3 Å². The molecule has 148 valence electrons. The van der Waals surface area contributed by atoms with Crippen molar-refractivity contribution in [2.24, 2.45) is 5.11 Å². The van der Waals surface area contributed by atoms with Crippen LogP contribution in [0.5, 0.6) is 0 Å². The zero-order valence-electron chi connectivity index (χ0n) is 14.6. The van der Waals surface area contributed by atoms with Crippen LogP contribution in [0.1, 0.15) is 20.1 Å². The van der Waals surface area contributed by atoms with Crippen LogP contribution in [0.15, 0.2) is 11.4 Å². The Hall–Kier alpha value is -2.83. The van der Waals surface area contributed by atoms with Gasteiger partial charge in [-0.15, -0.1) is 0 Å². The number of aliphatic hydroxyl groups is 2. The zero-order chi connectivity index (χ0) is 20.9. The van der Waals surface area contributed by atoms with Gasteiger partial charge in [0.1, 0.15) is 11.6 Å². The zero-order valence-corrected chi connectivity index (χ0v) is 15.4. The molecule has 14 heteroatoms. The summed E-state index contributed by atoms with van der Waals surface area (Å²) in [4.78, 5) is 39.0. The summed E-state index contributed by atoms with van der Waals surface area (Å²) in [7, 11) is 0. The molecule has 1 aliphatic heterocycles. The van der Waals surface area contributed by atoms with E-state index < -0.39 is 41.6 Å². The molecule has 28 heavy (non-hydrogen) atoms. The van der Waals surface area contributed by atoms with Crippen molar-refractivity contribution in [3.05, 3.63) is 22.1 Å². The molecule has 0 spiro atoms. The third kappa shape index (κ3) is 2.52. The number of hydrogen-bond acceptors (Lipinski definition) is 10. The molecule has 2 aromatic rings. The summed E-state index contributed by atoms with van der Waals surface area (Å²) in [5, 5.41) is 25.3. The van der Waals surface area contributed by atoms with E-state index >= 15 is 0 Å². The Morgan fingerprint density at radius 3 is 2.61 bits per heavy atom. The number of Topliss-reactive ketones (excluding diaryl/α,β-unsaturated/α-hetero) is 2. The van der Waals surface area contributed by atoms with Crippen molar-refractivity contribution in [2.45, 2.75) is 37.4 Å². The van der Waals surface area contributed by atoms with Crippen LogP contribution < -0.4 is 5.73 Å². The van der Waals surface area contributed by atoms with E-state index in [0.29, 0.717) is 0 Å². The molecule has 13 nitrogen and oxygen atoms in total. The number of aromatic nitrogens is 4. The number of nitrogen functional groups attached to an aromatic ring is 1. The number of anilines is 1. The second kappa shape index (κ2) is 6.65. The van der Waals surface area contributed by atoms with E-state index in [1.807, 2.05) is 0 Å². The first-order valence-corrected chi connectivity index (χ1v) is 8.25. The highest BCUT2D eigenvalue weighted by molar-refractivity contribution is 6.28. The Balaban J connectivity index is 2.27. The molecule has 3 rings (SSSR count). The number of rotatable bonds is 5. The first-order chi connectivity index (χ1) is 13.1. The highest BCUT2D eigenvalue weighted by Gasteiger charge is 2.71. The summed E-state index contributed by atoms with van der Waals surface area (Å²) in [5.41, 5.74) is 8.98. The highest BCUT2D eigenvalue weighted by atomic mass is 35.5. The van der Waals surface area contributed by atoms with Crippen molar-refractivity contribution in [1.29, 1.82) is 0 Å². The lowest BCUT2D eigenvalue weighted by atomic mass is 9.75. The van der Waals surface area contributed by atoms with E-state index in [0.717, 1.165) is 24.7 Å². The number of carbonyl (C=O) groups is 2. The molecule has 2 aromatic heterocycles. The predicted octanol–water partition coefficient (Wildman–Crippen LogP) is -0.0902. The van der Waals surface area contributed by atoms with E-state index in [4.69, 9.17) is 27.6 Å². The molecule has 3 heterocycles. The topological polar surface area (TPSA) is 202 Å². The number of fused-ring (bicyclic) bond motifs is 1. The maximum absolute atomic E-state index is 12.4. The second-order valence-corrected chi connectivity index (χ2v) is 6.58. The summed E-state index contributed by atoms with van der Waals surface area (Å²) < 4.78 is 6.72. The Kier molecular flexibility index (Phi) is 4.73. The van der Waals surface area contributed by atoms with Gasteiger partial charge in [-0.2, -0.15) is 9.97 Å². The average Bonchev–Trinajstić information content (AvgIpc) is 3.13. The van der Waals surface area contributed by atoms with E-state index in [9.17, 15) is 19.8 Å². The van der Waals surface area contributed by atoms with E-state index in [2.05, 4.69) is 25.0 Å². The highest BCUT2D eigenvalue weighted by Crippen LogP contribution is 2.48. The second-order valence-electron chi connectivity index (χ2n) is 6.24. The minimum Gasteiger partial charge on any atom is -0.382 e. The van der Waals surface area contributed by atoms with Gasteiger partial charge in [0.15, 0.2) is 34.9 Å². The van der Waals surface area contributed by atoms with Crippen LogP contribution in [0, 0.1) is 0 Å². The quantitative estimate of drug-likeness (QED) is 0.260. The van der Waals surface area contributed by atoms with Crippen LogP contribution in [0.25, 0.3) is 21.6 Å². The largest absolute Gasteiger partial charge is 0.382 e. The number of azide groups is 1. The fourth-order valence-electron chi connectivity index (χ4n) is 3.36. The van der Waals surface area contributed by atoms with Crippen LogP contribution >= 0.6 is 11.6 Å². The average molecular weight is 411 g/mol. The predicted molar refractivity (Wildman–Crippen MR) is 93.9 cm³/mol. The Labute approximate surface area is 161 Å². The van der Waals surface area contributed by atoms with Crippen LogP contribution in [-0.2, 0) is 14.3 Å². The summed E-state index contributed by atoms with van der Waals surface area (Å²) in [6.45, 7) is 1.44. The van der Waals surface area contributed by atoms with E-state index in [1.165, 1.54) is 0 Å². The lowest BCUT2D eigenvalue weighted by molar-refractivity contribution is -0.180. The molecule has 1 aliphatic rings. The van der Waals surface area contributed by atoms with Gasteiger partial charge in [-0.05, 0) is 31.0 Å². The fraction of sp³-hybridized carbons (Fsp3) is 0.500. The van der Waals surface area contributed by atoms with Crippen LogP contribution in [0.3, 0.4) is 0 Å². The summed E-state index contributed by atoms with van der Waals surface area (Å²) in [6.07, 6.45) is -2.03. The number of carbonyl (C=O) groups excluding carboxylic acids is 2.